The lowest BCUT2D eigenvalue weighted by molar-refractivity contribution is 0.598. The van der Waals surface area contributed by atoms with Crippen LogP contribution in [0.5, 0.6) is 0 Å². The van der Waals surface area contributed by atoms with Crippen molar-refractivity contribution in [2.24, 2.45) is 10.1 Å². The molecule has 0 atom stereocenters. The highest BCUT2D eigenvalue weighted by Crippen LogP contribution is 2.10. The van der Waals surface area contributed by atoms with E-state index in [1.807, 2.05) is 0 Å². The van der Waals surface area contributed by atoms with Crippen LogP contribution in [0.15, 0.2) is 39.6 Å². The standard InChI is InChI=1S/C8H10N2O2S/c1-7(9)10-13(11,12)8-5-3-2-4-6-8/h2-6H,1H3,(H2,9,10). The molecule has 1 aromatic carbocycles. The summed E-state index contributed by atoms with van der Waals surface area (Å²) >= 11 is 0. The third kappa shape index (κ3) is 2.55. The van der Waals surface area contributed by atoms with Crippen molar-refractivity contribution >= 4 is 15.9 Å². The second kappa shape index (κ2) is 3.57. The van der Waals surface area contributed by atoms with E-state index in [4.69, 9.17) is 5.73 Å². The number of sulfonamides is 1. The van der Waals surface area contributed by atoms with E-state index in [-0.39, 0.29) is 10.7 Å². The molecule has 0 aromatic heterocycles. The number of hydrogen-bond donors (Lipinski definition) is 1. The van der Waals surface area contributed by atoms with E-state index in [0.29, 0.717) is 0 Å². The van der Waals surface area contributed by atoms with E-state index in [9.17, 15) is 8.42 Å². The van der Waals surface area contributed by atoms with Gasteiger partial charge in [-0.1, -0.05) is 18.2 Å². The van der Waals surface area contributed by atoms with E-state index in [0.717, 1.165) is 0 Å². The maximum Gasteiger partial charge on any atom is 0.283 e. The summed E-state index contributed by atoms with van der Waals surface area (Å²) in [5.41, 5.74) is 5.19. The minimum atomic E-state index is -3.60. The van der Waals surface area contributed by atoms with Crippen LogP contribution in [0.4, 0.5) is 0 Å². The molecule has 4 nitrogen and oxygen atoms in total. The smallest absolute Gasteiger partial charge is 0.283 e. The Kier molecular flexibility index (Phi) is 2.67. The van der Waals surface area contributed by atoms with Crippen LogP contribution in [0.1, 0.15) is 6.92 Å². The van der Waals surface area contributed by atoms with Crippen LogP contribution in [-0.4, -0.2) is 14.3 Å². The molecule has 70 valence electrons. The molecule has 1 aromatic rings. The van der Waals surface area contributed by atoms with Gasteiger partial charge in [-0.05, 0) is 19.1 Å². The van der Waals surface area contributed by atoms with Crippen LogP contribution in [0.3, 0.4) is 0 Å². The Bertz CT molecular complexity index is 405. The monoisotopic (exact) mass is 198 g/mol. The zero-order valence-electron chi connectivity index (χ0n) is 7.14. The second-order valence-corrected chi connectivity index (χ2v) is 4.12. The van der Waals surface area contributed by atoms with Gasteiger partial charge in [0.05, 0.1) is 4.90 Å². The highest BCUT2D eigenvalue weighted by molar-refractivity contribution is 7.90. The molecule has 0 saturated heterocycles. The van der Waals surface area contributed by atoms with Gasteiger partial charge in [0.2, 0.25) is 0 Å². The van der Waals surface area contributed by atoms with Gasteiger partial charge in [0.15, 0.2) is 0 Å². The summed E-state index contributed by atoms with van der Waals surface area (Å²) in [6.07, 6.45) is 0. The fraction of sp³-hybridized carbons (Fsp3) is 0.125. The maximum atomic E-state index is 11.4. The molecule has 0 radical (unpaired) electrons. The van der Waals surface area contributed by atoms with Gasteiger partial charge < -0.3 is 5.73 Å². The normalized spacial score (nSPS) is 12.8. The first-order valence-corrected chi connectivity index (χ1v) is 5.08. The minimum absolute atomic E-state index is 0.0313. The predicted octanol–water partition coefficient (Wildman–Crippen LogP) is 0.752. The molecule has 0 unspecified atom stereocenters. The molecule has 0 aliphatic rings. The Morgan fingerprint density at radius 3 is 2.31 bits per heavy atom. The van der Waals surface area contributed by atoms with E-state index in [1.165, 1.54) is 19.1 Å². The van der Waals surface area contributed by atoms with E-state index >= 15 is 0 Å². The Morgan fingerprint density at radius 1 is 1.31 bits per heavy atom. The number of rotatable bonds is 2. The van der Waals surface area contributed by atoms with Crippen molar-refractivity contribution in [3.05, 3.63) is 30.3 Å². The van der Waals surface area contributed by atoms with Crippen molar-refractivity contribution in [1.29, 1.82) is 0 Å². The first-order chi connectivity index (χ1) is 6.02. The molecule has 1 rings (SSSR count). The van der Waals surface area contributed by atoms with Gasteiger partial charge in [0.1, 0.15) is 5.84 Å². The first kappa shape index (κ1) is 9.73. The number of hydrogen-bond acceptors (Lipinski definition) is 2. The lowest BCUT2D eigenvalue weighted by Gasteiger charge is -1.97. The van der Waals surface area contributed by atoms with Crippen LogP contribution in [0, 0.1) is 0 Å². The van der Waals surface area contributed by atoms with Gasteiger partial charge in [0, 0.05) is 0 Å². The topological polar surface area (TPSA) is 72.5 Å². The maximum absolute atomic E-state index is 11.4. The molecule has 0 spiro atoms. The van der Waals surface area contributed by atoms with Crippen LogP contribution in [0.25, 0.3) is 0 Å². The fourth-order valence-corrected chi connectivity index (χ4v) is 1.82. The van der Waals surface area contributed by atoms with Gasteiger partial charge in [-0.15, -0.1) is 4.40 Å². The van der Waals surface area contributed by atoms with Gasteiger partial charge in [0.25, 0.3) is 10.0 Å². The zero-order chi connectivity index (χ0) is 9.90. The summed E-state index contributed by atoms with van der Waals surface area (Å²) < 4.78 is 26.1. The quantitative estimate of drug-likeness (QED) is 0.563. The average molecular weight is 198 g/mol. The predicted molar refractivity (Wildman–Crippen MR) is 50.9 cm³/mol. The highest BCUT2D eigenvalue weighted by Gasteiger charge is 2.10. The summed E-state index contributed by atoms with van der Waals surface area (Å²) in [6.45, 7) is 1.43. The second-order valence-electron chi connectivity index (χ2n) is 2.52. The number of benzene rings is 1. The molecule has 2 N–H and O–H groups in total. The largest absolute Gasteiger partial charge is 0.387 e. The lowest BCUT2D eigenvalue weighted by atomic mass is 10.4. The van der Waals surface area contributed by atoms with E-state index < -0.39 is 10.0 Å². The average Bonchev–Trinajstić information content (AvgIpc) is 2.04. The molecule has 0 aliphatic carbocycles. The molecule has 13 heavy (non-hydrogen) atoms. The van der Waals surface area contributed by atoms with Gasteiger partial charge in [-0.25, -0.2) is 0 Å². The first-order valence-electron chi connectivity index (χ1n) is 3.64. The number of nitrogens with two attached hydrogens (primary N) is 1. The summed E-state index contributed by atoms with van der Waals surface area (Å²) in [5.74, 6) is 0.0313. The van der Waals surface area contributed by atoms with Crippen molar-refractivity contribution in [2.75, 3.05) is 0 Å². The minimum Gasteiger partial charge on any atom is -0.387 e. The van der Waals surface area contributed by atoms with Crippen molar-refractivity contribution in [2.45, 2.75) is 11.8 Å². The molecule has 0 heterocycles. The van der Waals surface area contributed by atoms with Crippen LogP contribution in [-0.2, 0) is 10.0 Å². The van der Waals surface area contributed by atoms with E-state index in [2.05, 4.69) is 4.40 Å². The molecular formula is C8H10N2O2S. The van der Waals surface area contributed by atoms with Crippen molar-refractivity contribution in [3.63, 3.8) is 0 Å². The van der Waals surface area contributed by atoms with Gasteiger partial charge >= 0.3 is 0 Å². The summed E-state index contributed by atoms with van der Waals surface area (Å²) in [6, 6.07) is 7.95. The number of nitrogens with zero attached hydrogens (tertiary/aromatic N) is 1. The summed E-state index contributed by atoms with van der Waals surface area (Å²) in [7, 11) is -3.60. The molecule has 0 aliphatic heterocycles. The van der Waals surface area contributed by atoms with Crippen molar-refractivity contribution in [1.82, 2.24) is 0 Å². The number of amidine groups is 1. The Morgan fingerprint density at radius 2 is 1.85 bits per heavy atom. The summed E-state index contributed by atoms with van der Waals surface area (Å²) in [5, 5.41) is 0. The van der Waals surface area contributed by atoms with Crippen LogP contribution < -0.4 is 5.73 Å². The molecule has 0 saturated carbocycles. The Labute approximate surface area is 77.2 Å². The van der Waals surface area contributed by atoms with Crippen LogP contribution in [0.2, 0.25) is 0 Å². The fourth-order valence-electron chi connectivity index (χ4n) is 0.835. The van der Waals surface area contributed by atoms with Gasteiger partial charge in [-0.3, -0.25) is 0 Å². The molecule has 5 heteroatoms. The Balaban J connectivity index is 3.18. The SMILES string of the molecule is CC(N)=NS(=O)(=O)c1ccccc1. The molecule has 0 amide bonds. The molecular weight excluding hydrogens is 188 g/mol. The molecule has 0 fully saturated rings. The van der Waals surface area contributed by atoms with Crippen LogP contribution >= 0.6 is 0 Å². The lowest BCUT2D eigenvalue weighted by Crippen LogP contribution is -2.09. The Hall–Kier alpha value is -1.36. The van der Waals surface area contributed by atoms with Crippen molar-refractivity contribution < 1.29 is 8.42 Å². The van der Waals surface area contributed by atoms with Gasteiger partial charge in [-0.2, -0.15) is 8.42 Å². The van der Waals surface area contributed by atoms with Crippen molar-refractivity contribution in [3.8, 4) is 0 Å². The molecule has 0 bridgehead atoms. The third-order valence-corrected chi connectivity index (χ3v) is 2.70. The highest BCUT2D eigenvalue weighted by atomic mass is 32.2. The summed E-state index contributed by atoms with van der Waals surface area (Å²) in [4.78, 5) is 0.153. The zero-order valence-corrected chi connectivity index (χ0v) is 7.95. The van der Waals surface area contributed by atoms with E-state index in [1.54, 1.807) is 18.2 Å². The third-order valence-electron chi connectivity index (χ3n) is 1.31.